The predicted octanol–water partition coefficient (Wildman–Crippen LogP) is 3.53. The Kier molecular flexibility index (Phi) is 6.40. The van der Waals surface area contributed by atoms with Crippen molar-refractivity contribution < 1.29 is 8.42 Å². The maximum Gasteiger partial charge on any atom is 0.250 e. The lowest BCUT2D eigenvalue weighted by atomic mass is 10.3. The number of unbranched alkanes of at least 4 members (excludes halogenated alkanes) is 1. The molecule has 0 unspecified atom stereocenters. The van der Waals surface area contributed by atoms with E-state index in [-0.39, 0.29) is 4.21 Å². The van der Waals surface area contributed by atoms with Crippen LogP contribution in [0.25, 0.3) is 10.4 Å². The molecule has 0 spiro atoms. The summed E-state index contributed by atoms with van der Waals surface area (Å²) in [6.45, 7) is 0.672. The lowest BCUT2D eigenvalue weighted by Gasteiger charge is -2.03. The monoisotopic (exact) mass is 372 g/mol. The zero-order valence-electron chi connectivity index (χ0n) is 9.14. The largest absolute Gasteiger partial charge is 0.250 e. The Morgan fingerprint density at radius 2 is 2.28 bits per heavy atom. The van der Waals surface area contributed by atoms with Crippen LogP contribution in [0, 0.1) is 0 Å². The first-order valence-corrected chi connectivity index (χ1v) is 8.40. The molecule has 1 N–H and O–H groups in total. The molecule has 0 aliphatic rings. The second kappa shape index (κ2) is 7.32. The van der Waals surface area contributed by atoms with Crippen molar-refractivity contribution in [1.29, 1.82) is 0 Å². The molecule has 1 aromatic heterocycles. The molecule has 0 aromatic carbocycles. The molecule has 0 atom stereocenters. The maximum absolute atomic E-state index is 11.8. The number of rotatable bonds is 7. The van der Waals surface area contributed by atoms with Gasteiger partial charge in [0.05, 0.1) is 8.81 Å². The molecule has 1 heterocycles. The smallest absolute Gasteiger partial charge is 0.210 e. The van der Waals surface area contributed by atoms with Crippen molar-refractivity contribution in [3.63, 3.8) is 0 Å². The van der Waals surface area contributed by atoms with Crippen molar-refractivity contribution in [1.82, 2.24) is 4.72 Å². The Balaban J connectivity index is 2.48. The van der Waals surface area contributed by atoms with Gasteiger partial charge in [-0.3, -0.25) is 0 Å². The van der Waals surface area contributed by atoms with Gasteiger partial charge in [-0.15, -0.1) is 11.3 Å². The first kappa shape index (κ1) is 15.7. The quantitative estimate of drug-likeness (QED) is 0.342. The Bertz CT molecular complexity index is 534. The molecule has 0 aliphatic carbocycles. The van der Waals surface area contributed by atoms with Gasteiger partial charge in [0.2, 0.25) is 10.0 Å². The summed E-state index contributed by atoms with van der Waals surface area (Å²) in [6.07, 6.45) is 1.25. The number of hydrogen-bond donors (Lipinski definition) is 1. The van der Waals surface area contributed by atoms with Gasteiger partial charge in [-0.25, -0.2) is 13.1 Å². The fourth-order valence-electron chi connectivity index (χ4n) is 1.09. The maximum atomic E-state index is 11.8. The van der Waals surface area contributed by atoms with Crippen LogP contribution in [0.1, 0.15) is 12.8 Å². The predicted molar refractivity (Wildman–Crippen MR) is 75.5 cm³/mol. The second-order valence-corrected chi connectivity index (χ2v) is 8.02. The van der Waals surface area contributed by atoms with Crippen LogP contribution < -0.4 is 4.72 Å². The van der Waals surface area contributed by atoms with E-state index in [0.717, 1.165) is 11.3 Å². The van der Waals surface area contributed by atoms with Crippen LogP contribution in [0.3, 0.4) is 0 Å². The van der Waals surface area contributed by atoms with E-state index >= 15 is 0 Å². The zero-order valence-corrected chi connectivity index (χ0v) is 13.1. The first-order valence-electron chi connectivity index (χ1n) is 4.92. The molecule has 6 nitrogen and oxygen atoms in total. The Morgan fingerprint density at radius 1 is 1.56 bits per heavy atom. The molecule has 0 bridgehead atoms. The van der Waals surface area contributed by atoms with E-state index in [1.165, 1.54) is 6.07 Å². The molecule has 0 saturated carbocycles. The second-order valence-electron chi connectivity index (χ2n) is 3.25. The Morgan fingerprint density at radius 3 is 2.83 bits per heavy atom. The van der Waals surface area contributed by atoms with E-state index in [0.29, 0.717) is 34.7 Å². The first-order chi connectivity index (χ1) is 8.47. The van der Waals surface area contributed by atoms with Crippen LogP contribution in [0.4, 0.5) is 0 Å². The lowest BCUT2D eigenvalue weighted by Crippen LogP contribution is -2.24. The number of hydrogen-bond acceptors (Lipinski definition) is 4. The van der Waals surface area contributed by atoms with Crippen molar-refractivity contribution in [3.8, 4) is 0 Å². The molecule has 100 valence electrons. The zero-order chi connectivity index (χ0) is 13.6. The van der Waals surface area contributed by atoms with Gasteiger partial charge >= 0.3 is 0 Å². The Hall–Kier alpha value is -0.310. The SMILES string of the molecule is [N-]=[N+]=NCCCCNS(=O)(=O)c1cc(Cl)c(Br)s1. The highest BCUT2D eigenvalue weighted by molar-refractivity contribution is 9.11. The van der Waals surface area contributed by atoms with E-state index in [9.17, 15) is 8.42 Å². The third kappa shape index (κ3) is 4.75. The molecular formula is C8H10BrClN4O2S2. The van der Waals surface area contributed by atoms with E-state index in [1.807, 2.05) is 0 Å². The van der Waals surface area contributed by atoms with Gasteiger partial charge in [-0.05, 0) is 40.4 Å². The topological polar surface area (TPSA) is 94.9 Å². The summed E-state index contributed by atoms with van der Waals surface area (Å²) in [7, 11) is -3.50. The van der Waals surface area contributed by atoms with Gasteiger partial charge in [0.15, 0.2) is 0 Å². The highest BCUT2D eigenvalue weighted by Crippen LogP contribution is 2.34. The third-order valence-corrected chi connectivity index (χ3v) is 6.34. The average molecular weight is 374 g/mol. The van der Waals surface area contributed by atoms with E-state index in [1.54, 1.807) is 0 Å². The summed E-state index contributed by atoms with van der Waals surface area (Å²) >= 11 is 10.0. The van der Waals surface area contributed by atoms with Crippen molar-refractivity contribution in [2.24, 2.45) is 5.11 Å². The molecule has 0 aliphatic heterocycles. The fraction of sp³-hybridized carbons (Fsp3) is 0.500. The lowest BCUT2D eigenvalue weighted by molar-refractivity contribution is 0.579. The molecule has 1 aromatic rings. The number of nitrogens with one attached hydrogen (secondary N) is 1. The fourth-order valence-corrected chi connectivity index (χ4v) is 4.61. The summed E-state index contributed by atoms with van der Waals surface area (Å²) in [5.41, 5.74) is 8.06. The standard InChI is InChI=1S/C8H10BrClN4O2S2/c9-8-6(10)5-7(17-8)18(15,16)13-4-2-1-3-12-14-11/h5,13H,1-4H2. The minimum absolute atomic E-state index is 0.175. The summed E-state index contributed by atoms with van der Waals surface area (Å²) in [5.74, 6) is 0. The third-order valence-electron chi connectivity index (χ3n) is 1.93. The minimum Gasteiger partial charge on any atom is -0.210 e. The van der Waals surface area contributed by atoms with Crippen LogP contribution in [0.5, 0.6) is 0 Å². The van der Waals surface area contributed by atoms with Crippen LogP contribution in [0.2, 0.25) is 5.02 Å². The summed E-state index contributed by atoms with van der Waals surface area (Å²) in [4.78, 5) is 2.61. The molecule has 10 heteroatoms. The van der Waals surface area contributed by atoms with Gasteiger partial charge in [-0.2, -0.15) is 0 Å². The van der Waals surface area contributed by atoms with Gasteiger partial charge in [0.1, 0.15) is 4.21 Å². The van der Waals surface area contributed by atoms with Crippen molar-refractivity contribution >= 4 is 48.9 Å². The van der Waals surface area contributed by atoms with Crippen molar-refractivity contribution in [2.75, 3.05) is 13.1 Å². The normalized spacial score (nSPS) is 11.2. The highest BCUT2D eigenvalue weighted by Gasteiger charge is 2.18. The number of azide groups is 1. The van der Waals surface area contributed by atoms with Crippen LogP contribution in [-0.4, -0.2) is 21.5 Å². The summed E-state index contributed by atoms with van der Waals surface area (Å²) in [6, 6.07) is 1.40. The summed E-state index contributed by atoms with van der Waals surface area (Å²) in [5, 5.41) is 3.74. The Labute approximate surface area is 122 Å². The van der Waals surface area contributed by atoms with Crippen LogP contribution in [0.15, 0.2) is 19.2 Å². The number of nitrogens with zero attached hydrogens (tertiary/aromatic N) is 3. The van der Waals surface area contributed by atoms with Gasteiger partial charge < -0.3 is 0 Å². The highest BCUT2D eigenvalue weighted by atomic mass is 79.9. The van der Waals surface area contributed by atoms with Crippen LogP contribution >= 0.6 is 38.9 Å². The molecule has 0 fully saturated rings. The van der Waals surface area contributed by atoms with E-state index in [4.69, 9.17) is 17.1 Å². The van der Waals surface area contributed by atoms with Gasteiger partial charge in [0, 0.05) is 18.0 Å². The van der Waals surface area contributed by atoms with Gasteiger partial charge in [0.25, 0.3) is 0 Å². The van der Waals surface area contributed by atoms with E-state index in [2.05, 4.69) is 30.7 Å². The van der Waals surface area contributed by atoms with Crippen LogP contribution in [-0.2, 0) is 10.0 Å². The number of thiophene rings is 1. The molecule has 0 radical (unpaired) electrons. The van der Waals surface area contributed by atoms with Gasteiger partial charge in [-0.1, -0.05) is 16.7 Å². The molecule has 0 amide bonds. The van der Waals surface area contributed by atoms with Crippen molar-refractivity contribution in [2.45, 2.75) is 17.1 Å². The van der Waals surface area contributed by atoms with Crippen molar-refractivity contribution in [3.05, 3.63) is 25.3 Å². The average Bonchev–Trinajstić information content (AvgIpc) is 2.65. The number of halogens is 2. The number of sulfonamides is 1. The molecule has 18 heavy (non-hydrogen) atoms. The molecule has 1 rings (SSSR count). The molecule has 0 saturated heterocycles. The van der Waals surface area contributed by atoms with E-state index < -0.39 is 10.0 Å². The summed E-state index contributed by atoms with van der Waals surface area (Å²) < 4.78 is 26.9. The molecular weight excluding hydrogens is 364 g/mol. The minimum atomic E-state index is -3.50.